The summed E-state index contributed by atoms with van der Waals surface area (Å²) in [4.78, 5) is 15.5. The minimum Gasteiger partial charge on any atom is -0.286 e. The largest absolute Gasteiger partial charge is 0.286 e. The lowest BCUT2D eigenvalue weighted by Crippen LogP contribution is -2.24. The number of carbonyl (C=O) groups excluding carboxylic acids is 1. The Morgan fingerprint density at radius 1 is 1.44 bits per heavy atom. The lowest BCUT2D eigenvalue weighted by Gasteiger charge is -2.14. The second-order valence-corrected chi connectivity index (χ2v) is 4.60. The fourth-order valence-electron chi connectivity index (χ4n) is 1.82. The summed E-state index contributed by atoms with van der Waals surface area (Å²) >= 11 is 5.96. The molecule has 4 nitrogen and oxygen atoms in total. The van der Waals surface area contributed by atoms with Gasteiger partial charge in [-0.15, -0.1) is 0 Å². The Labute approximate surface area is 110 Å². The molecule has 2 aromatic rings. The smallest absolute Gasteiger partial charge is 0.243 e. The van der Waals surface area contributed by atoms with Crippen LogP contribution in [0.5, 0.6) is 0 Å². The zero-order valence-electron chi connectivity index (χ0n) is 10.1. The molecule has 0 atom stereocenters. The Morgan fingerprint density at radius 2 is 2.17 bits per heavy atom. The Morgan fingerprint density at radius 3 is 2.83 bits per heavy atom. The molecule has 18 heavy (non-hydrogen) atoms. The first-order valence-corrected chi connectivity index (χ1v) is 5.88. The molecule has 2 rings (SSSR count). The fourth-order valence-corrected chi connectivity index (χ4v) is 1.99. The number of carbonyl (C=O) groups is 1. The van der Waals surface area contributed by atoms with Crippen molar-refractivity contribution in [2.45, 2.75) is 20.4 Å². The van der Waals surface area contributed by atoms with Gasteiger partial charge in [-0.1, -0.05) is 11.6 Å². The summed E-state index contributed by atoms with van der Waals surface area (Å²) in [6.45, 7) is 3.30. The van der Waals surface area contributed by atoms with Crippen molar-refractivity contribution in [2.75, 3.05) is 0 Å². The summed E-state index contributed by atoms with van der Waals surface area (Å²) in [6.07, 6.45) is 0. The van der Waals surface area contributed by atoms with E-state index in [2.05, 4.69) is 4.98 Å². The van der Waals surface area contributed by atoms with E-state index < -0.39 is 5.91 Å². The van der Waals surface area contributed by atoms with Crippen LogP contribution in [0.2, 0.25) is 5.02 Å². The fraction of sp³-hybridized carbons (Fsp3) is 0.231. The van der Waals surface area contributed by atoms with Crippen LogP contribution < -0.4 is 0 Å². The van der Waals surface area contributed by atoms with Gasteiger partial charge in [-0.3, -0.25) is 15.0 Å². The average Bonchev–Trinajstić information content (AvgIpc) is 2.29. The van der Waals surface area contributed by atoms with Gasteiger partial charge < -0.3 is 0 Å². The Balaban J connectivity index is 2.54. The van der Waals surface area contributed by atoms with Gasteiger partial charge in [-0.05, 0) is 36.8 Å². The van der Waals surface area contributed by atoms with Crippen molar-refractivity contribution in [3.8, 4) is 0 Å². The highest BCUT2D eigenvalue weighted by Gasteiger charge is 2.10. The highest BCUT2D eigenvalue weighted by atomic mass is 35.5. The number of fused-ring (bicyclic) bond motifs is 1. The highest BCUT2D eigenvalue weighted by molar-refractivity contribution is 6.31. The molecule has 5 heteroatoms. The number of hydrogen-bond acceptors (Lipinski definition) is 3. The van der Waals surface area contributed by atoms with E-state index in [1.165, 1.54) is 6.92 Å². The van der Waals surface area contributed by atoms with E-state index in [1.54, 1.807) is 12.1 Å². The summed E-state index contributed by atoms with van der Waals surface area (Å²) in [5.41, 5.74) is 2.45. The first-order chi connectivity index (χ1) is 8.47. The molecule has 94 valence electrons. The molecule has 0 aliphatic rings. The maximum absolute atomic E-state index is 11.1. The second kappa shape index (κ2) is 4.92. The maximum atomic E-state index is 11.1. The predicted octanol–water partition coefficient (Wildman–Crippen LogP) is 2.93. The first kappa shape index (κ1) is 12.8. The van der Waals surface area contributed by atoms with Gasteiger partial charge in [0.2, 0.25) is 5.91 Å². The van der Waals surface area contributed by atoms with E-state index in [0.717, 1.165) is 22.2 Å². The van der Waals surface area contributed by atoms with E-state index in [4.69, 9.17) is 11.6 Å². The average molecular weight is 265 g/mol. The van der Waals surface area contributed by atoms with Crippen molar-refractivity contribution < 1.29 is 10.0 Å². The van der Waals surface area contributed by atoms with Crippen LogP contribution in [0.15, 0.2) is 24.3 Å². The summed E-state index contributed by atoms with van der Waals surface area (Å²) < 4.78 is 0. The zero-order valence-corrected chi connectivity index (χ0v) is 10.9. The second-order valence-electron chi connectivity index (χ2n) is 4.16. The normalized spacial score (nSPS) is 10.7. The summed E-state index contributed by atoms with van der Waals surface area (Å²) in [7, 11) is 0. The SMILES string of the molecule is CC(=O)N(O)Cc1cc(C)nc2ccc(Cl)cc12. The van der Waals surface area contributed by atoms with Gasteiger partial charge in [0, 0.05) is 23.0 Å². The lowest BCUT2D eigenvalue weighted by atomic mass is 10.1. The van der Waals surface area contributed by atoms with Gasteiger partial charge in [0.25, 0.3) is 0 Å². The topological polar surface area (TPSA) is 53.4 Å². The molecule has 1 amide bonds. The number of halogens is 1. The van der Waals surface area contributed by atoms with Gasteiger partial charge >= 0.3 is 0 Å². The van der Waals surface area contributed by atoms with Crippen LogP contribution in [0.1, 0.15) is 18.2 Å². The minimum atomic E-state index is -0.403. The molecule has 1 aromatic carbocycles. The van der Waals surface area contributed by atoms with E-state index in [9.17, 15) is 10.0 Å². The van der Waals surface area contributed by atoms with Gasteiger partial charge in [0.1, 0.15) is 0 Å². The molecule has 0 fully saturated rings. The number of hydroxylamine groups is 2. The molecule has 0 unspecified atom stereocenters. The molecule has 1 N–H and O–H groups in total. The molecule has 0 bridgehead atoms. The maximum Gasteiger partial charge on any atom is 0.243 e. The van der Waals surface area contributed by atoms with Gasteiger partial charge in [-0.2, -0.15) is 0 Å². The third kappa shape index (κ3) is 2.60. The van der Waals surface area contributed by atoms with Crippen LogP contribution in [0.4, 0.5) is 0 Å². The van der Waals surface area contributed by atoms with Crippen LogP contribution >= 0.6 is 11.6 Å². The van der Waals surface area contributed by atoms with Crippen molar-refractivity contribution in [1.29, 1.82) is 0 Å². The summed E-state index contributed by atoms with van der Waals surface area (Å²) in [5.74, 6) is -0.403. The molecule has 0 spiro atoms. The van der Waals surface area contributed by atoms with Gasteiger partial charge in [0.15, 0.2) is 0 Å². The van der Waals surface area contributed by atoms with E-state index in [-0.39, 0.29) is 6.54 Å². The monoisotopic (exact) mass is 264 g/mol. The highest BCUT2D eigenvalue weighted by Crippen LogP contribution is 2.23. The molecule has 0 saturated heterocycles. The number of rotatable bonds is 2. The zero-order chi connectivity index (χ0) is 13.3. The predicted molar refractivity (Wildman–Crippen MR) is 69.5 cm³/mol. The van der Waals surface area contributed by atoms with Crippen molar-refractivity contribution in [3.05, 3.63) is 40.5 Å². The Kier molecular flexibility index (Phi) is 3.50. The molecule has 1 aromatic heterocycles. The van der Waals surface area contributed by atoms with Gasteiger partial charge in [0.05, 0.1) is 12.1 Å². The number of pyridine rings is 1. The minimum absolute atomic E-state index is 0.121. The van der Waals surface area contributed by atoms with Crippen LogP contribution in [0, 0.1) is 6.92 Å². The number of amides is 1. The molecule has 0 aliphatic heterocycles. The van der Waals surface area contributed by atoms with Crippen LogP contribution in [0.3, 0.4) is 0 Å². The molecule has 0 aliphatic carbocycles. The van der Waals surface area contributed by atoms with Crippen molar-refractivity contribution in [1.82, 2.24) is 10.0 Å². The molecular formula is C13H13ClN2O2. The number of aryl methyl sites for hydroxylation is 1. The molecular weight excluding hydrogens is 252 g/mol. The summed E-state index contributed by atoms with van der Waals surface area (Å²) in [5, 5.41) is 11.6. The van der Waals surface area contributed by atoms with Crippen LogP contribution in [-0.2, 0) is 11.3 Å². The number of benzene rings is 1. The number of hydrogen-bond donors (Lipinski definition) is 1. The van der Waals surface area contributed by atoms with Crippen molar-refractivity contribution in [2.24, 2.45) is 0 Å². The number of aromatic nitrogens is 1. The first-order valence-electron chi connectivity index (χ1n) is 5.50. The van der Waals surface area contributed by atoms with Crippen LogP contribution in [-0.4, -0.2) is 21.2 Å². The lowest BCUT2D eigenvalue weighted by molar-refractivity contribution is -0.165. The molecule has 0 saturated carbocycles. The Hall–Kier alpha value is -1.65. The van der Waals surface area contributed by atoms with Crippen molar-refractivity contribution in [3.63, 3.8) is 0 Å². The van der Waals surface area contributed by atoms with E-state index in [0.29, 0.717) is 10.1 Å². The number of nitrogens with zero attached hydrogens (tertiary/aromatic N) is 2. The van der Waals surface area contributed by atoms with Crippen molar-refractivity contribution >= 4 is 28.4 Å². The van der Waals surface area contributed by atoms with Crippen LogP contribution in [0.25, 0.3) is 10.9 Å². The standard InChI is InChI=1S/C13H13ClN2O2/c1-8-5-10(7-16(18)9(2)17)12-6-11(14)3-4-13(12)15-8/h3-6,18H,7H2,1-2H3. The summed E-state index contributed by atoms with van der Waals surface area (Å²) in [6, 6.07) is 7.21. The third-order valence-corrected chi connectivity index (χ3v) is 2.90. The Bertz CT molecular complexity index is 613. The van der Waals surface area contributed by atoms with E-state index in [1.807, 2.05) is 19.1 Å². The molecule has 1 heterocycles. The third-order valence-electron chi connectivity index (χ3n) is 2.67. The van der Waals surface area contributed by atoms with Gasteiger partial charge in [-0.25, -0.2) is 5.06 Å². The van der Waals surface area contributed by atoms with E-state index >= 15 is 0 Å². The quantitative estimate of drug-likeness (QED) is 0.670. The molecule has 0 radical (unpaired) electrons.